The van der Waals surface area contributed by atoms with E-state index in [2.05, 4.69) is 5.32 Å². The van der Waals surface area contributed by atoms with E-state index in [0.29, 0.717) is 24.5 Å². The van der Waals surface area contributed by atoms with Gasteiger partial charge in [-0.2, -0.15) is 0 Å². The first-order valence-corrected chi connectivity index (χ1v) is 9.38. The van der Waals surface area contributed by atoms with Crippen LogP contribution in [-0.2, 0) is 13.0 Å². The third kappa shape index (κ3) is 6.15. The minimum absolute atomic E-state index is 0.0868. The molecule has 0 saturated carbocycles. The van der Waals surface area contributed by atoms with Crippen molar-refractivity contribution in [2.75, 3.05) is 6.54 Å². The van der Waals surface area contributed by atoms with Crippen molar-refractivity contribution < 1.29 is 9.53 Å². The maximum absolute atomic E-state index is 12.3. The highest BCUT2D eigenvalue weighted by molar-refractivity contribution is 6.30. The van der Waals surface area contributed by atoms with Crippen molar-refractivity contribution >= 4 is 17.5 Å². The summed E-state index contributed by atoms with van der Waals surface area (Å²) < 4.78 is 5.79. The number of nitrogens with one attached hydrogen (secondary N) is 1. The average molecular weight is 380 g/mol. The van der Waals surface area contributed by atoms with Gasteiger partial charge in [-0.3, -0.25) is 4.79 Å². The molecule has 0 aliphatic rings. The second-order valence-electron chi connectivity index (χ2n) is 6.29. The van der Waals surface area contributed by atoms with E-state index in [9.17, 15) is 4.79 Å². The molecule has 0 bridgehead atoms. The van der Waals surface area contributed by atoms with Gasteiger partial charge in [0.1, 0.15) is 12.4 Å². The van der Waals surface area contributed by atoms with Gasteiger partial charge in [0.05, 0.1) is 0 Å². The van der Waals surface area contributed by atoms with Crippen molar-refractivity contribution in [2.45, 2.75) is 19.4 Å². The third-order valence-corrected chi connectivity index (χ3v) is 4.44. The molecule has 1 N–H and O–H groups in total. The second kappa shape index (κ2) is 9.79. The maximum Gasteiger partial charge on any atom is 0.251 e. The highest BCUT2D eigenvalue weighted by atomic mass is 35.5. The predicted molar refractivity (Wildman–Crippen MR) is 109 cm³/mol. The van der Waals surface area contributed by atoms with Crippen molar-refractivity contribution in [1.82, 2.24) is 5.32 Å². The van der Waals surface area contributed by atoms with Crippen LogP contribution in [0.5, 0.6) is 5.75 Å². The molecule has 27 heavy (non-hydrogen) atoms. The van der Waals surface area contributed by atoms with Gasteiger partial charge in [0, 0.05) is 17.1 Å². The summed E-state index contributed by atoms with van der Waals surface area (Å²) in [4.78, 5) is 12.3. The summed E-state index contributed by atoms with van der Waals surface area (Å²) in [7, 11) is 0. The van der Waals surface area contributed by atoms with Gasteiger partial charge in [-0.25, -0.2) is 0 Å². The van der Waals surface area contributed by atoms with Crippen LogP contribution in [-0.4, -0.2) is 12.5 Å². The normalized spacial score (nSPS) is 10.4. The van der Waals surface area contributed by atoms with Gasteiger partial charge in [0.25, 0.3) is 5.91 Å². The average Bonchev–Trinajstić information content (AvgIpc) is 2.72. The maximum atomic E-state index is 12.3. The minimum atomic E-state index is -0.0868. The van der Waals surface area contributed by atoms with Gasteiger partial charge < -0.3 is 10.1 Å². The molecule has 3 aromatic carbocycles. The fourth-order valence-corrected chi connectivity index (χ4v) is 2.84. The largest absolute Gasteiger partial charge is 0.489 e. The van der Waals surface area contributed by atoms with Crippen LogP contribution in [0.25, 0.3) is 0 Å². The summed E-state index contributed by atoms with van der Waals surface area (Å²) in [6.07, 6.45) is 1.77. The zero-order chi connectivity index (χ0) is 18.9. The Morgan fingerprint density at radius 3 is 2.44 bits per heavy atom. The lowest BCUT2D eigenvalue weighted by atomic mass is 10.1. The molecule has 0 unspecified atom stereocenters. The van der Waals surface area contributed by atoms with E-state index in [1.807, 2.05) is 66.7 Å². The molecule has 0 radical (unpaired) electrons. The summed E-state index contributed by atoms with van der Waals surface area (Å²) in [6.45, 7) is 1.10. The number of halogens is 1. The summed E-state index contributed by atoms with van der Waals surface area (Å²) >= 11 is 5.89. The number of carbonyl (C=O) groups is 1. The van der Waals surface area contributed by atoms with E-state index in [0.717, 1.165) is 23.4 Å². The highest BCUT2D eigenvalue weighted by Gasteiger charge is 2.06. The topological polar surface area (TPSA) is 38.3 Å². The number of rotatable bonds is 8. The molecule has 0 heterocycles. The molecule has 3 nitrogen and oxygen atoms in total. The van der Waals surface area contributed by atoms with Crippen LogP contribution in [0.4, 0.5) is 0 Å². The molecule has 0 fully saturated rings. The highest BCUT2D eigenvalue weighted by Crippen LogP contribution is 2.15. The van der Waals surface area contributed by atoms with Crippen molar-refractivity contribution in [3.05, 3.63) is 101 Å². The Balaban J connectivity index is 1.46. The molecule has 3 rings (SSSR count). The Morgan fingerprint density at radius 1 is 0.889 bits per heavy atom. The second-order valence-corrected chi connectivity index (χ2v) is 6.72. The van der Waals surface area contributed by atoms with E-state index in [4.69, 9.17) is 16.3 Å². The van der Waals surface area contributed by atoms with Crippen molar-refractivity contribution in [2.24, 2.45) is 0 Å². The Labute approximate surface area is 164 Å². The number of carbonyl (C=O) groups excluding carboxylic acids is 1. The van der Waals surface area contributed by atoms with Crippen LogP contribution in [0.15, 0.2) is 78.9 Å². The van der Waals surface area contributed by atoms with Gasteiger partial charge in [0.15, 0.2) is 0 Å². The first-order valence-electron chi connectivity index (χ1n) is 9.00. The van der Waals surface area contributed by atoms with E-state index in [-0.39, 0.29) is 5.91 Å². The Kier molecular flexibility index (Phi) is 6.89. The zero-order valence-electron chi connectivity index (χ0n) is 15.0. The molecule has 0 aliphatic carbocycles. The molecular weight excluding hydrogens is 358 g/mol. The smallest absolute Gasteiger partial charge is 0.251 e. The summed E-state index contributed by atoms with van der Waals surface area (Å²) in [6, 6.07) is 25.0. The van der Waals surface area contributed by atoms with Crippen molar-refractivity contribution in [1.29, 1.82) is 0 Å². The fraction of sp³-hybridized carbons (Fsp3) is 0.174. The lowest BCUT2D eigenvalue weighted by molar-refractivity contribution is 0.0952. The van der Waals surface area contributed by atoms with E-state index < -0.39 is 0 Å². The summed E-state index contributed by atoms with van der Waals surface area (Å²) in [5.41, 5.74) is 2.91. The van der Waals surface area contributed by atoms with Crippen LogP contribution in [0, 0.1) is 0 Å². The van der Waals surface area contributed by atoms with Gasteiger partial charge in [-0.1, -0.05) is 60.1 Å². The Hall–Kier alpha value is -2.78. The summed E-state index contributed by atoms with van der Waals surface area (Å²) in [5, 5.41) is 3.70. The third-order valence-electron chi connectivity index (χ3n) is 4.19. The molecular formula is C23H22ClNO2. The van der Waals surface area contributed by atoms with Crippen LogP contribution < -0.4 is 10.1 Å². The van der Waals surface area contributed by atoms with Crippen LogP contribution >= 0.6 is 11.6 Å². The SMILES string of the molecule is O=C(NCCCc1ccc(Cl)cc1)c1cccc(OCc2ccccc2)c1. The summed E-state index contributed by atoms with van der Waals surface area (Å²) in [5.74, 6) is 0.601. The standard InChI is InChI=1S/C23H22ClNO2/c24-21-13-11-18(12-14-21)8-5-15-25-23(26)20-9-4-10-22(16-20)27-17-19-6-2-1-3-7-19/h1-4,6-7,9-14,16H,5,8,15,17H2,(H,25,26). The number of ether oxygens (including phenoxy) is 1. The van der Waals surface area contributed by atoms with Crippen molar-refractivity contribution in [3.63, 3.8) is 0 Å². The van der Waals surface area contributed by atoms with Crippen LogP contribution in [0.3, 0.4) is 0 Å². The molecule has 1 amide bonds. The molecule has 0 aromatic heterocycles. The Bertz CT molecular complexity index is 863. The quantitative estimate of drug-likeness (QED) is 0.540. The molecule has 0 aliphatic heterocycles. The molecule has 0 spiro atoms. The monoisotopic (exact) mass is 379 g/mol. The van der Waals surface area contributed by atoms with E-state index in [1.54, 1.807) is 12.1 Å². The van der Waals surface area contributed by atoms with Gasteiger partial charge in [0.2, 0.25) is 0 Å². The first-order chi connectivity index (χ1) is 13.2. The lowest BCUT2D eigenvalue weighted by Gasteiger charge is -2.09. The number of hydrogen-bond acceptors (Lipinski definition) is 2. The number of aryl methyl sites for hydroxylation is 1. The number of benzene rings is 3. The number of hydrogen-bond donors (Lipinski definition) is 1. The molecule has 0 atom stereocenters. The minimum Gasteiger partial charge on any atom is -0.489 e. The van der Waals surface area contributed by atoms with Crippen LogP contribution in [0.1, 0.15) is 27.9 Å². The predicted octanol–water partition coefficient (Wildman–Crippen LogP) is 5.28. The molecule has 138 valence electrons. The molecule has 4 heteroatoms. The van der Waals surface area contributed by atoms with Crippen molar-refractivity contribution in [3.8, 4) is 5.75 Å². The first kappa shape index (κ1) is 19.0. The van der Waals surface area contributed by atoms with Gasteiger partial charge >= 0.3 is 0 Å². The van der Waals surface area contributed by atoms with E-state index >= 15 is 0 Å². The molecule has 3 aromatic rings. The zero-order valence-corrected chi connectivity index (χ0v) is 15.8. The van der Waals surface area contributed by atoms with Crippen LogP contribution in [0.2, 0.25) is 5.02 Å². The Morgan fingerprint density at radius 2 is 1.67 bits per heavy atom. The van der Waals surface area contributed by atoms with Gasteiger partial charge in [-0.05, 0) is 54.3 Å². The fourth-order valence-electron chi connectivity index (χ4n) is 2.72. The molecule has 0 saturated heterocycles. The number of amides is 1. The van der Waals surface area contributed by atoms with Gasteiger partial charge in [-0.15, -0.1) is 0 Å². The van der Waals surface area contributed by atoms with E-state index in [1.165, 1.54) is 5.56 Å². The lowest BCUT2D eigenvalue weighted by Crippen LogP contribution is -2.24.